The van der Waals surface area contributed by atoms with Gasteiger partial charge in [0.2, 0.25) is 5.91 Å². The highest BCUT2D eigenvalue weighted by molar-refractivity contribution is 5.98. The SMILES string of the molecule is COc1cc(OC)cc(C(=O)NC(C(=O)N(C)Cc2ccccc2OC(F)(F)F)C(C)C)c1. The van der Waals surface area contributed by atoms with E-state index >= 15 is 0 Å². The van der Waals surface area contributed by atoms with E-state index in [-0.39, 0.29) is 23.6 Å². The maximum absolute atomic E-state index is 13.1. The van der Waals surface area contributed by atoms with Crippen LogP contribution in [0.1, 0.15) is 29.8 Å². The number of likely N-dealkylation sites (N-methyl/N-ethyl adjacent to an activating group) is 1. The molecule has 2 rings (SSSR count). The second-order valence-electron chi connectivity index (χ2n) is 7.65. The highest BCUT2D eigenvalue weighted by Gasteiger charge is 2.33. The molecule has 0 spiro atoms. The van der Waals surface area contributed by atoms with Crippen molar-refractivity contribution < 1.29 is 37.0 Å². The number of methoxy groups -OCH3 is 2. The Bertz CT molecular complexity index is 957. The van der Waals surface area contributed by atoms with Crippen LogP contribution < -0.4 is 19.5 Å². The minimum Gasteiger partial charge on any atom is -0.497 e. The standard InChI is InChI=1S/C23H27F3N2O5/c1-14(2)20(27-21(29)16-10-17(31-4)12-18(11-16)32-5)22(30)28(3)13-15-8-6-7-9-19(15)33-23(24,25)26/h6-12,14,20H,13H2,1-5H3,(H,27,29). The lowest BCUT2D eigenvalue weighted by atomic mass is 10.0. The largest absolute Gasteiger partial charge is 0.573 e. The number of benzene rings is 2. The van der Waals surface area contributed by atoms with Gasteiger partial charge in [0.05, 0.1) is 14.2 Å². The average molecular weight is 468 g/mol. The molecule has 2 amide bonds. The van der Waals surface area contributed by atoms with Gasteiger partial charge in [0, 0.05) is 30.8 Å². The van der Waals surface area contributed by atoms with E-state index in [2.05, 4.69) is 10.1 Å². The first kappa shape index (κ1) is 25.8. The maximum Gasteiger partial charge on any atom is 0.573 e. The highest BCUT2D eigenvalue weighted by Crippen LogP contribution is 2.27. The fourth-order valence-electron chi connectivity index (χ4n) is 3.11. The Morgan fingerprint density at radius 3 is 2.12 bits per heavy atom. The van der Waals surface area contributed by atoms with Crippen LogP contribution in [0.25, 0.3) is 0 Å². The first-order valence-corrected chi connectivity index (χ1v) is 10.1. The molecular weight excluding hydrogens is 441 g/mol. The van der Waals surface area contributed by atoms with Gasteiger partial charge in [-0.2, -0.15) is 0 Å². The second-order valence-corrected chi connectivity index (χ2v) is 7.65. The number of hydrogen-bond donors (Lipinski definition) is 1. The van der Waals surface area contributed by atoms with Gasteiger partial charge < -0.3 is 24.4 Å². The molecule has 0 heterocycles. The lowest BCUT2D eigenvalue weighted by Crippen LogP contribution is -2.50. The molecule has 0 saturated heterocycles. The zero-order valence-corrected chi connectivity index (χ0v) is 19.0. The predicted molar refractivity (Wildman–Crippen MR) is 115 cm³/mol. The molecule has 1 unspecified atom stereocenters. The molecule has 0 aliphatic heterocycles. The van der Waals surface area contributed by atoms with E-state index in [9.17, 15) is 22.8 Å². The molecule has 0 aliphatic carbocycles. The number of para-hydroxylation sites is 1. The van der Waals surface area contributed by atoms with Crippen molar-refractivity contribution in [2.45, 2.75) is 32.8 Å². The van der Waals surface area contributed by atoms with Crippen molar-refractivity contribution in [3.05, 3.63) is 53.6 Å². The molecule has 2 aromatic carbocycles. The van der Waals surface area contributed by atoms with Crippen molar-refractivity contribution in [1.82, 2.24) is 10.2 Å². The van der Waals surface area contributed by atoms with Gasteiger partial charge in [-0.1, -0.05) is 32.0 Å². The van der Waals surface area contributed by atoms with E-state index in [0.29, 0.717) is 11.5 Å². The summed E-state index contributed by atoms with van der Waals surface area (Å²) in [7, 11) is 4.35. The van der Waals surface area contributed by atoms with E-state index in [1.54, 1.807) is 26.0 Å². The molecule has 0 aliphatic rings. The Morgan fingerprint density at radius 1 is 1.03 bits per heavy atom. The van der Waals surface area contributed by atoms with Crippen LogP contribution in [0.15, 0.2) is 42.5 Å². The first-order chi connectivity index (χ1) is 15.4. The summed E-state index contributed by atoms with van der Waals surface area (Å²) in [5, 5.41) is 2.70. The van der Waals surface area contributed by atoms with Crippen LogP contribution in [0, 0.1) is 5.92 Å². The molecular formula is C23H27F3N2O5. The zero-order chi connectivity index (χ0) is 24.8. The average Bonchev–Trinajstić information content (AvgIpc) is 2.76. The molecule has 180 valence electrons. The quantitative estimate of drug-likeness (QED) is 0.602. The van der Waals surface area contributed by atoms with Crippen LogP contribution in [0.2, 0.25) is 0 Å². The number of nitrogens with zero attached hydrogens (tertiary/aromatic N) is 1. The Labute approximate surface area is 190 Å². The van der Waals surface area contributed by atoms with Gasteiger partial charge >= 0.3 is 6.36 Å². The van der Waals surface area contributed by atoms with E-state index in [4.69, 9.17) is 9.47 Å². The summed E-state index contributed by atoms with van der Waals surface area (Å²) in [5.74, 6) is -0.851. The van der Waals surface area contributed by atoms with Crippen LogP contribution in [0.3, 0.4) is 0 Å². The second kappa shape index (κ2) is 10.9. The monoisotopic (exact) mass is 468 g/mol. The molecule has 0 radical (unpaired) electrons. The zero-order valence-electron chi connectivity index (χ0n) is 19.0. The van der Waals surface area contributed by atoms with Crippen LogP contribution in [0.4, 0.5) is 13.2 Å². The third-order valence-electron chi connectivity index (χ3n) is 4.81. The number of hydrogen-bond acceptors (Lipinski definition) is 5. The Hall–Kier alpha value is -3.43. The van der Waals surface area contributed by atoms with Crippen LogP contribution in [-0.2, 0) is 11.3 Å². The van der Waals surface area contributed by atoms with Crippen molar-refractivity contribution in [1.29, 1.82) is 0 Å². The fraction of sp³-hybridized carbons (Fsp3) is 0.391. The molecule has 1 N–H and O–H groups in total. The highest BCUT2D eigenvalue weighted by atomic mass is 19.4. The van der Waals surface area contributed by atoms with Gasteiger partial charge in [-0.25, -0.2) is 0 Å². The summed E-state index contributed by atoms with van der Waals surface area (Å²) in [6.45, 7) is 3.37. The van der Waals surface area contributed by atoms with Gasteiger partial charge in [0.15, 0.2) is 0 Å². The molecule has 2 aromatic rings. The lowest BCUT2D eigenvalue weighted by Gasteiger charge is -2.28. The molecule has 33 heavy (non-hydrogen) atoms. The number of rotatable bonds is 9. The number of ether oxygens (including phenoxy) is 3. The molecule has 10 heteroatoms. The van der Waals surface area contributed by atoms with Crippen LogP contribution in [0.5, 0.6) is 17.2 Å². The normalized spacial score (nSPS) is 12.2. The van der Waals surface area contributed by atoms with Gasteiger partial charge in [-0.15, -0.1) is 13.2 Å². The number of carbonyl (C=O) groups is 2. The molecule has 7 nitrogen and oxygen atoms in total. The van der Waals surface area contributed by atoms with Gasteiger partial charge in [0.25, 0.3) is 5.91 Å². The molecule has 0 fully saturated rings. The number of nitrogens with one attached hydrogen (secondary N) is 1. The summed E-state index contributed by atoms with van der Waals surface area (Å²) in [5.41, 5.74) is 0.410. The van der Waals surface area contributed by atoms with E-state index < -0.39 is 30.0 Å². The summed E-state index contributed by atoms with van der Waals surface area (Å²) in [4.78, 5) is 27.2. The van der Waals surface area contributed by atoms with Crippen molar-refractivity contribution in [3.63, 3.8) is 0 Å². The minimum absolute atomic E-state index is 0.142. The smallest absolute Gasteiger partial charge is 0.497 e. The summed E-state index contributed by atoms with van der Waals surface area (Å²) < 4.78 is 52.5. The van der Waals surface area contributed by atoms with Gasteiger partial charge in [-0.05, 0) is 24.1 Å². The molecule has 0 aromatic heterocycles. The summed E-state index contributed by atoms with van der Waals surface area (Å²) in [6, 6.07) is 9.28. The van der Waals surface area contributed by atoms with E-state index in [1.165, 1.54) is 56.5 Å². The lowest BCUT2D eigenvalue weighted by molar-refractivity contribution is -0.275. The molecule has 0 bridgehead atoms. The number of alkyl halides is 3. The maximum atomic E-state index is 13.1. The van der Waals surface area contributed by atoms with Crippen molar-refractivity contribution >= 4 is 11.8 Å². The number of amides is 2. The van der Waals surface area contributed by atoms with Crippen molar-refractivity contribution in [3.8, 4) is 17.2 Å². The van der Waals surface area contributed by atoms with E-state index in [0.717, 1.165) is 0 Å². The Morgan fingerprint density at radius 2 is 1.61 bits per heavy atom. The fourth-order valence-corrected chi connectivity index (χ4v) is 3.11. The Kier molecular flexibility index (Phi) is 8.56. The summed E-state index contributed by atoms with van der Waals surface area (Å²) in [6.07, 6.45) is -4.86. The van der Waals surface area contributed by atoms with E-state index in [1.807, 2.05) is 0 Å². The number of carbonyl (C=O) groups excluding carboxylic acids is 2. The third kappa shape index (κ3) is 7.30. The topological polar surface area (TPSA) is 77.1 Å². The third-order valence-corrected chi connectivity index (χ3v) is 4.81. The predicted octanol–water partition coefficient (Wildman–Crippen LogP) is 4.02. The van der Waals surface area contributed by atoms with Crippen molar-refractivity contribution in [2.24, 2.45) is 5.92 Å². The number of halogens is 3. The molecule has 0 saturated carbocycles. The Balaban J connectivity index is 2.20. The summed E-state index contributed by atoms with van der Waals surface area (Å²) >= 11 is 0. The van der Waals surface area contributed by atoms with Crippen molar-refractivity contribution in [2.75, 3.05) is 21.3 Å². The van der Waals surface area contributed by atoms with Crippen LogP contribution >= 0.6 is 0 Å². The van der Waals surface area contributed by atoms with Crippen LogP contribution in [-0.4, -0.2) is 50.4 Å². The van der Waals surface area contributed by atoms with Gasteiger partial charge in [0.1, 0.15) is 23.3 Å². The minimum atomic E-state index is -4.86. The van der Waals surface area contributed by atoms with Gasteiger partial charge in [-0.3, -0.25) is 9.59 Å². The first-order valence-electron chi connectivity index (χ1n) is 10.1. The molecule has 1 atom stereocenters.